The molecule has 21 heavy (non-hydrogen) atoms. The van der Waals surface area contributed by atoms with Crippen molar-refractivity contribution in [2.75, 3.05) is 7.05 Å². The van der Waals surface area contributed by atoms with Crippen molar-refractivity contribution >= 4 is 0 Å². The largest absolute Gasteiger partial charge is 0.309 e. The van der Waals surface area contributed by atoms with E-state index in [1.54, 1.807) is 0 Å². The van der Waals surface area contributed by atoms with Crippen LogP contribution in [0.4, 0.5) is 0 Å². The summed E-state index contributed by atoms with van der Waals surface area (Å²) in [6.45, 7) is 6.69. The first kappa shape index (κ1) is 15.8. The standard InChI is InChI=1S/C18H27N3/c1-6-17-16(12-21(5)20-17)18(19-4)15-9-7-8-14(11-15)10-13(2)3/h7-9,11-13,18-19H,6,10H2,1-5H3. The Morgan fingerprint density at radius 1 is 1.29 bits per heavy atom. The molecule has 1 heterocycles. The van der Waals surface area contributed by atoms with Gasteiger partial charge in [0.2, 0.25) is 0 Å². The third kappa shape index (κ3) is 3.73. The SMILES string of the molecule is CCc1nn(C)cc1C(NC)c1cccc(CC(C)C)c1. The van der Waals surface area contributed by atoms with Crippen LogP contribution >= 0.6 is 0 Å². The lowest BCUT2D eigenvalue weighted by Crippen LogP contribution is -2.18. The van der Waals surface area contributed by atoms with Crippen LogP contribution in [0.5, 0.6) is 0 Å². The Balaban J connectivity index is 2.36. The van der Waals surface area contributed by atoms with Crippen LogP contribution in [0.2, 0.25) is 0 Å². The third-order valence-corrected chi connectivity index (χ3v) is 3.80. The lowest BCUT2D eigenvalue weighted by atomic mass is 9.94. The van der Waals surface area contributed by atoms with E-state index in [2.05, 4.69) is 61.6 Å². The molecule has 0 saturated carbocycles. The van der Waals surface area contributed by atoms with Crippen molar-refractivity contribution in [3.05, 3.63) is 52.8 Å². The van der Waals surface area contributed by atoms with Crippen LogP contribution in [0.15, 0.2) is 30.5 Å². The molecule has 2 aromatic rings. The quantitative estimate of drug-likeness (QED) is 0.880. The van der Waals surface area contributed by atoms with Crippen LogP contribution in [-0.4, -0.2) is 16.8 Å². The van der Waals surface area contributed by atoms with Gasteiger partial charge < -0.3 is 5.32 Å². The fourth-order valence-electron chi connectivity index (χ4n) is 2.94. The number of hydrogen-bond acceptors (Lipinski definition) is 2. The molecule has 3 nitrogen and oxygen atoms in total. The summed E-state index contributed by atoms with van der Waals surface area (Å²) in [4.78, 5) is 0. The van der Waals surface area contributed by atoms with Crippen molar-refractivity contribution in [2.45, 2.75) is 39.7 Å². The Morgan fingerprint density at radius 3 is 2.67 bits per heavy atom. The molecule has 0 saturated heterocycles. The predicted molar refractivity (Wildman–Crippen MR) is 88.5 cm³/mol. The summed E-state index contributed by atoms with van der Waals surface area (Å²) >= 11 is 0. The molecular formula is C18H27N3. The molecule has 0 fully saturated rings. The van der Waals surface area contributed by atoms with E-state index in [0.29, 0.717) is 5.92 Å². The van der Waals surface area contributed by atoms with E-state index in [1.807, 2.05) is 18.8 Å². The van der Waals surface area contributed by atoms with Gasteiger partial charge in [0.05, 0.1) is 11.7 Å². The van der Waals surface area contributed by atoms with Gasteiger partial charge in [0, 0.05) is 18.8 Å². The summed E-state index contributed by atoms with van der Waals surface area (Å²) < 4.78 is 1.91. The predicted octanol–water partition coefficient (Wildman–Crippen LogP) is 3.49. The minimum atomic E-state index is 0.209. The zero-order valence-electron chi connectivity index (χ0n) is 13.9. The van der Waals surface area contributed by atoms with E-state index in [1.165, 1.54) is 22.4 Å². The smallest absolute Gasteiger partial charge is 0.0673 e. The molecule has 1 aromatic carbocycles. The lowest BCUT2D eigenvalue weighted by Gasteiger charge is -2.18. The monoisotopic (exact) mass is 285 g/mol. The zero-order chi connectivity index (χ0) is 15.4. The number of nitrogens with one attached hydrogen (secondary N) is 1. The Kier molecular flexibility index (Phi) is 5.18. The van der Waals surface area contributed by atoms with Gasteiger partial charge in [-0.1, -0.05) is 45.0 Å². The number of aromatic nitrogens is 2. The first-order valence-electron chi connectivity index (χ1n) is 7.83. The van der Waals surface area contributed by atoms with Gasteiger partial charge in [-0.05, 0) is 36.9 Å². The maximum Gasteiger partial charge on any atom is 0.0673 e. The normalized spacial score (nSPS) is 12.9. The van der Waals surface area contributed by atoms with E-state index in [4.69, 9.17) is 0 Å². The van der Waals surface area contributed by atoms with E-state index >= 15 is 0 Å². The molecule has 0 aliphatic heterocycles. The Labute approximate surface area is 128 Å². The van der Waals surface area contributed by atoms with E-state index in [-0.39, 0.29) is 6.04 Å². The second kappa shape index (κ2) is 6.90. The van der Waals surface area contributed by atoms with Crippen LogP contribution in [0.1, 0.15) is 49.2 Å². The summed E-state index contributed by atoms with van der Waals surface area (Å²) in [6.07, 6.45) is 4.22. The third-order valence-electron chi connectivity index (χ3n) is 3.80. The molecule has 0 bridgehead atoms. The Hall–Kier alpha value is -1.61. The molecular weight excluding hydrogens is 258 g/mol. The second-order valence-corrected chi connectivity index (χ2v) is 6.12. The molecule has 2 rings (SSSR count). The molecule has 0 aliphatic carbocycles. The summed E-state index contributed by atoms with van der Waals surface area (Å²) in [6, 6.07) is 9.13. The molecule has 0 aliphatic rings. The van der Waals surface area contributed by atoms with Crippen molar-refractivity contribution in [2.24, 2.45) is 13.0 Å². The van der Waals surface area contributed by atoms with Crippen LogP contribution in [0, 0.1) is 5.92 Å². The summed E-state index contributed by atoms with van der Waals surface area (Å²) in [7, 11) is 4.01. The van der Waals surface area contributed by atoms with E-state index in [0.717, 1.165) is 12.8 Å². The van der Waals surface area contributed by atoms with Gasteiger partial charge in [0.15, 0.2) is 0 Å². The Bertz CT molecular complexity index is 584. The molecule has 3 heteroatoms. The van der Waals surface area contributed by atoms with Gasteiger partial charge in [-0.2, -0.15) is 5.10 Å². The number of hydrogen-bond donors (Lipinski definition) is 1. The molecule has 114 valence electrons. The second-order valence-electron chi connectivity index (χ2n) is 6.12. The highest BCUT2D eigenvalue weighted by atomic mass is 15.3. The van der Waals surface area contributed by atoms with Crippen LogP contribution in [-0.2, 0) is 19.9 Å². The molecule has 1 atom stereocenters. The van der Waals surface area contributed by atoms with Crippen molar-refractivity contribution in [1.82, 2.24) is 15.1 Å². The molecule has 0 radical (unpaired) electrons. The average molecular weight is 285 g/mol. The fourth-order valence-corrected chi connectivity index (χ4v) is 2.94. The molecule has 0 amide bonds. The average Bonchev–Trinajstić information content (AvgIpc) is 2.80. The lowest BCUT2D eigenvalue weighted by molar-refractivity contribution is 0.642. The molecule has 1 aromatic heterocycles. The summed E-state index contributed by atoms with van der Waals surface area (Å²) in [5.74, 6) is 0.679. The van der Waals surface area contributed by atoms with Crippen LogP contribution in [0.25, 0.3) is 0 Å². The summed E-state index contributed by atoms with van der Waals surface area (Å²) in [5.41, 5.74) is 5.18. The van der Waals surface area contributed by atoms with Gasteiger partial charge in [0.25, 0.3) is 0 Å². The topological polar surface area (TPSA) is 29.9 Å². The van der Waals surface area contributed by atoms with E-state index < -0.39 is 0 Å². The first-order chi connectivity index (χ1) is 10.0. The fraction of sp³-hybridized carbons (Fsp3) is 0.500. The highest BCUT2D eigenvalue weighted by Gasteiger charge is 2.18. The molecule has 0 spiro atoms. The van der Waals surface area contributed by atoms with Crippen molar-refractivity contribution in [3.63, 3.8) is 0 Å². The molecule has 1 N–H and O–H groups in total. The van der Waals surface area contributed by atoms with Crippen molar-refractivity contribution < 1.29 is 0 Å². The minimum absolute atomic E-state index is 0.209. The number of rotatable bonds is 6. The number of nitrogens with zero attached hydrogens (tertiary/aromatic N) is 2. The first-order valence-corrected chi connectivity index (χ1v) is 7.83. The maximum atomic E-state index is 4.57. The van der Waals surface area contributed by atoms with Gasteiger partial charge in [0.1, 0.15) is 0 Å². The van der Waals surface area contributed by atoms with Crippen molar-refractivity contribution in [1.29, 1.82) is 0 Å². The van der Waals surface area contributed by atoms with Gasteiger partial charge in [-0.25, -0.2) is 0 Å². The van der Waals surface area contributed by atoms with Crippen molar-refractivity contribution in [3.8, 4) is 0 Å². The highest BCUT2D eigenvalue weighted by Crippen LogP contribution is 2.26. The van der Waals surface area contributed by atoms with Gasteiger partial charge in [-0.3, -0.25) is 4.68 Å². The minimum Gasteiger partial charge on any atom is -0.309 e. The number of aryl methyl sites for hydroxylation is 2. The zero-order valence-corrected chi connectivity index (χ0v) is 13.9. The summed E-state index contributed by atoms with van der Waals surface area (Å²) in [5, 5.41) is 8.02. The molecule has 1 unspecified atom stereocenters. The van der Waals surface area contributed by atoms with E-state index in [9.17, 15) is 0 Å². The Morgan fingerprint density at radius 2 is 2.05 bits per heavy atom. The van der Waals surface area contributed by atoms with Crippen LogP contribution in [0.3, 0.4) is 0 Å². The number of benzene rings is 1. The maximum absolute atomic E-state index is 4.57. The van der Waals surface area contributed by atoms with Crippen LogP contribution < -0.4 is 5.32 Å². The van der Waals surface area contributed by atoms with Gasteiger partial charge >= 0.3 is 0 Å². The highest BCUT2D eigenvalue weighted by molar-refractivity contribution is 5.35. The van der Waals surface area contributed by atoms with Gasteiger partial charge in [-0.15, -0.1) is 0 Å².